The summed E-state index contributed by atoms with van der Waals surface area (Å²) in [6.45, 7) is 0.455. The summed E-state index contributed by atoms with van der Waals surface area (Å²) >= 11 is 1.54. The van der Waals surface area contributed by atoms with Crippen LogP contribution in [0.3, 0.4) is 0 Å². The Bertz CT molecular complexity index is 546. The smallest absolute Gasteiger partial charge is 0.162 e. The number of anilines is 1. The quantitative estimate of drug-likeness (QED) is 0.819. The lowest BCUT2D eigenvalue weighted by atomic mass is 10.2. The first-order chi connectivity index (χ1) is 9.24. The van der Waals surface area contributed by atoms with E-state index in [1.54, 1.807) is 17.8 Å². The molecule has 2 aromatic rings. The zero-order chi connectivity index (χ0) is 13.7. The monoisotopic (exact) mass is 277 g/mol. The molecule has 0 atom stereocenters. The number of aromatic nitrogens is 2. The molecule has 0 saturated heterocycles. The summed E-state index contributed by atoms with van der Waals surface area (Å²) in [6, 6.07) is 9.13. The van der Waals surface area contributed by atoms with E-state index in [9.17, 15) is 5.11 Å². The van der Waals surface area contributed by atoms with Crippen molar-refractivity contribution in [1.82, 2.24) is 10.2 Å². The van der Waals surface area contributed by atoms with Crippen LogP contribution in [0.4, 0.5) is 5.82 Å². The fraction of sp³-hybridized carbons (Fsp3) is 0.231. The molecule has 0 bridgehead atoms. The van der Waals surface area contributed by atoms with E-state index in [1.165, 1.54) is 7.11 Å². The van der Waals surface area contributed by atoms with Crippen molar-refractivity contribution in [3.63, 3.8) is 0 Å². The third-order valence-corrected chi connectivity index (χ3v) is 3.25. The minimum Gasteiger partial charge on any atom is -0.504 e. The number of hydrogen-bond acceptors (Lipinski definition) is 6. The van der Waals surface area contributed by atoms with Gasteiger partial charge in [-0.25, -0.2) is 0 Å². The lowest BCUT2D eigenvalue weighted by Crippen LogP contribution is -2.03. The van der Waals surface area contributed by atoms with Crippen LogP contribution in [0, 0.1) is 0 Å². The molecule has 2 N–H and O–H groups in total. The molecule has 6 heteroatoms. The Morgan fingerprint density at radius 3 is 2.74 bits per heavy atom. The Hall–Kier alpha value is -1.95. The first kappa shape index (κ1) is 13.5. The molecule has 1 heterocycles. The predicted molar refractivity (Wildman–Crippen MR) is 75.8 cm³/mol. The van der Waals surface area contributed by atoms with Crippen molar-refractivity contribution in [2.24, 2.45) is 0 Å². The lowest BCUT2D eigenvalue weighted by Gasteiger charge is -2.10. The van der Waals surface area contributed by atoms with Crippen LogP contribution in [-0.2, 0) is 6.54 Å². The predicted octanol–water partition coefficient (Wildman–Crippen LogP) is 2.52. The maximum Gasteiger partial charge on any atom is 0.162 e. The van der Waals surface area contributed by atoms with E-state index in [0.29, 0.717) is 18.1 Å². The summed E-state index contributed by atoms with van der Waals surface area (Å²) in [5.41, 5.74) is 0.745. The average molecular weight is 277 g/mol. The number of aromatic hydroxyl groups is 1. The second-order valence-electron chi connectivity index (χ2n) is 3.78. The van der Waals surface area contributed by atoms with Crippen molar-refractivity contribution in [1.29, 1.82) is 0 Å². The van der Waals surface area contributed by atoms with Gasteiger partial charge in [-0.1, -0.05) is 12.1 Å². The highest BCUT2D eigenvalue weighted by molar-refractivity contribution is 7.98. The molecule has 0 saturated carbocycles. The summed E-state index contributed by atoms with van der Waals surface area (Å²) < 4.78 is 5.06. The molecule has 0 aliphatic carbocycles. The standard InChI is InChI=1S/C13H15N3O2S/c1-18-10-5-3-4-9(13(10)17)8-14-11-6-7-12(19-2)16-15-11/h3-7,17H,8H2,1-2H3,(H,14,15). The van der Waals surface area contributed by atoms with Gasteiger partial charge in [0, 0.05) is 12.1 Å². The Morgan fingerprint density at radius 2 is 2.11 bits per heavy atom. The van der Waals surface area contributed by atoms with E-state index in [1.807, 2.05) is 30.5 Å². The van der Waals surface area contributed by atoms with E-state index in [-0.39, 0.29) is 5.75 Å². The zero-order valence-electron chi connectivity index (χ0n) is 10.8. The fourth-order valence-corrected chi connectivity index (χ4v) is 1.91. The van der Waals surface area contributed by atoms with Gasteiger partial charge in [0.05, 0.1) is 7.11 Å². The number of benzene rings is 1. The van der Waals surface area contributed by atoms with Crippen LogP contribution in [0.5, 0.6) is 11.5 Å². The van der Waals surface area contributed by atoms with E-state index < -0.39 is 0 Å². The van der Waals surface area contributed by atoms with E-state index in [0.717, 1.165) is 10.6 Å². The van der Waals surface area contributed by atoms with Gasteiger partial charge in [0.2, 0.25) is 0 Å². The lowest BCUT2D eigenvalue weighted by molar-refractivity contribution is 0.371. The molecule has 0 aliphatic rings. The molecular weight excluding hydrogens is 262 g/mol. The highest BCUT2D eigenvalue weighted by Gasteiger charge is 2.07. The van der Waals surface area contributed by atoms with Crippen molar-refractivity contribution >= 4 is 17.6 Å². The molecule has 0 radical (unpaired) electrons. The van der Waals surface area contributed by atoms with Gasteiger partial charge in [-0.2, -0.15) is 0 Å². The van der Waals surface area contributed by atoms with E-state index in [4.69, 9.17) is 4.74 Å². The number of nitrogens with zero attached hydrogens (tertiary/aromatic N) is 2. The topological polar surface area (TPSA) is 67.3 Å². The van der Waals surface area contributed by atoms with Gasteiger partial charge < -0.3 is 15.2 Å². The zero-order valence-corrected chi connectivity index (χ0v) is 11.6. The van der Waals surface area contributed by atoms with Crippen molar-refractivity contribution in [3.8, 4) is 11.5 Å². The summed E-state index contributed by atoms with van der Waals surface area (Å²) in [5, 5.41) is 22.0. The second-order valence-corrected chi connectivity index (χ2v) is 4.61. The van der Waals surface area contributed by atoms with Gasteiger partial charge >= 0.3 is 0 Å². The van der Waals surface area contributed by atoms with Crippen LogP contribution in [-0.4, -0.2) is 28.7 Å². The molecule has 0 aliphatic heterocycles. The normalized spacial score (nSPS) is 10.2. The van der Waals surface area contributed by atoms with Gasteiger partial charge in [-0.15, -0.1) is 22.0 Å². The van der Waals surface area contributed by atoms with Gasteiger partial charge in [0.1, 0.15) is 10.8 Å². The van der Waals surface area contributed by atoms with Crippen LogP contribution in [0.1, 0.15) is 5.56 Å². The Balaban J connectivity index is 2.05. The molecule has 100 valence electrons. The van der Waals surface area contributed by atoms with E-state index in [2.05, 4.69) is 15.5 Å². The minimum atomic E-state index is 0.145. The molecule has 1 aromatic heterocycles. The number of ether oxygens (including phenoxy) is 1. The highest BCUT2D eigenvalue weighted by atomic mass is 32.2. The number of thioether (sulfide) groups is 1. The molecule has 2 rings (SSSR count). The van der Waals surface area contributed by atoms with Gasteiger partial charge in [-0.3, -0.25) is 0 Å². The summed E-state index contributed by atoms with van der Waals surface area (Å²) in [7, 11) is 1.53. The van der Waals surface area contributed by atoms with Crippen LogP contribution in [0.15, 0.2) is 35.4 Å². The third-order valence-electron chi connectivity index (χ3n) is 2.61. The largest absolute Gasteiger partial charge is 0.504 e. The van der Waals surface area contributed by atoms with E-state index >= 15 is 0 Å². The van der Waals surface area contributed by atoms with Crippen LogP contribution >= 0.6 is 11.8 Å². The number of hydrogen-bond donors (Lipinski definition) is 2. The number of phenolic OH excluding ortho intramolecular Hbond substituents is 1. The Kier molecular flexibility index (Phi) is 4.46. The second kappa shape index (κ2) is 6.29. The van der Waals surface area contributed by atoms with Crippen molar-refractivity contribution in [3.05, 3.63) is 35.9 Å². The Labute approximate surface area is 116 Å². The van der Waals surface area contributed by atoms with Gasteiger partial charge in [0.25, 0.3) is 0 Å². The first-order valence-electron chi connectivity index (χ1n) is 5.71. The highest BCUT2D eigenvalue weighted by Crippen LogP contribution is 2.29. The number of para-hydroxylation sites is 1. The van der Waals surface area contributed by atoms with Crippen LogP contribution in [0.25, 0.3) is 0 Å². The average Bonchev–Trinajstić information content (AvgIpc) is 2.47. The molecular formula is C13H15N3O2S. The van der Waals surface area contributed by atoms with Crippen LogP contribution < -0.4 is 10.1 Å². The maximum absolute atomic E-state index is 9.94. The molecule has 5 nitrogen and oxygen atoms in total. The molecule has 1 aromatic carbocycles. The number of nitrogens with one attached hydrogen (secondary N) is 1. The minimum absolute atomic E-state index is 0.145. The summed E-state index contributed by atoms with van der Waals surface area (Å²) in [6.07, 6.45) is 1.95. The molecule has 0 fully saturated rings. The number of phenols is 1. The third kappa shape index (κ3) is 3.29. The van der Waals surface area contributed by atoms with Crippen LogP contribution in [0.2, 0.25) is 0 Å². The SMILES string of the molecule is COc1cccc(CNc2ccc(SC)nn2)c1O. The first-order valence-corrected chi connectivity index (χ1v) is 6.93. The number of rotatable bonds is 5. The maximum atomic E-state index is 9.94. The molecule has 0 amide bonds. The molecule has 0 unspecified atom stereocenters. The Morgan fingerprint density at radius 1 is 1.26 bits per heavy atom. The summed E-state index contributed by atoms with van der Waals surface area (Å²) in [4.78, 5) is 0. The molecule has 19 heavy (non-hydrogen) atoms. The summed E-state index contributed by atoms with van der Waals surface area (Å²) in [5.74, 6) is 1.27. The van der Waals surface area contributed by atoms with Crippen molar-refractivity contribution in [2.75, 3.05) is 18.7 Å². The van der Waals surface area contributed by atoms with Gasteiger partial charge in [-0.05, 0) is 24.5 Å². The molecule has 0 spiro atoms. The van der Waals surface area contributed by atoms with Gasteiger partial charge in [0.15, 0.2) is 11.5 Å². The van der Waals surface area contributed by atoms with Crippen molar-refractivity contribution < 1.29 is 9.84 Å². The fourth-order valence-electron chi connectivity index (χ4n) is 1.58. The number of methoxy groups -OCH3 is 1. The van der Waals surface area contributed by atoms with Crippen molar-refractivity contribution in [2.45, 2.75) is 11.6 Å².